The molecule has 0 unspecified atom stereocenters. The normalized spacial score (nSPS) is 17.9. The fourth-order valence-electron chi connectivity index (χ4n) is 4.46. The van der Waals surface area contributed by atoms with Gasteiger partial charge in [0, 0.05) is 16.5 Å². The highest BCUT2D eigenvalue weighted by Crippen LogP contribution is 2.40. The van der Waals surface area contributed by atoms with Gasteiger partial charge in [0.2, 0.25) is 0 Å². The first-order chi connectivity index (χ1) is 14.9. The molecule has 31 heavy (non-hydrogen) atoms. The molecule has 0 saturated carbocycles. The third kappa shape index (κ3) is 2.63. The number of benzene rings is 3. The van der Waals surface area contributed by atoms with Crippen LogP contribution in [0.15, 0.2) is 77.2 Å². The summed E-state index contributed by atoms with van der Waals surface area (Å²) >= 11 is 0. The van der Waals surface area contributed by atoms with E-state index in [1.807, 2.05) is 18.2 Å². The molecule has 0 spiro atoms. The summed E-state index contributed by atoms with van der Waals surface area (Å²) in [6.07, 6.45) is 0. The van der Waals surface area contributed by atoms with Crippen molar-refractivity contribution in [3.05, 3.63) is 72.8 Å². The average Bonchev–Trinajstić information content (AvgIpc) is 3.34. The summed E-state index contributed by atoms with van der Waals surface area (Å²) in [5, 5.41) is 2.16. The van der Waals surface area contributed by atoms with Gasteiger partial charge in [-0.1, -0.05) is 36.4 Å². The van der Waals surface area contributed by atoms with Crippen molar-refractivity contribution in [1.29, 1.82) is 0 Å². The van der Waals surface area contributed by atoms with Crippen LogP contribution in [-0.4, -0.2) is 22.9 Å². The second-order valence-electron chi connectivity index (χ2n) is 9.31. The molecule has 1 fully saturated rings. The van der Waals surface area contributed by atoms with Crippen molar-refractivity contribution in [1.82, 2.24) is 4.57 Å². The molecule has 0 radical (unpaired) electrons. The lowest BCUT2D eigenvalue weighted by Gasteiger charge is -2.32. The number of rotatable bonds is 2. The smallest absolute Gasteiger partial charge is 0.454 e. The first-order valence-corrected chi connectivity index (χ1v) is 10.7. The Balaban J connectivity index is 1.62. The van der Waals surface area contributed by atoms with Crippen molar-refractivity contribution in [2.45, 2.75) is 38.9 Å². The predicted molar refractivity (Wildman–Crippen MR) is 126 cm³/mol. The Bertz CT molecular complexity index is 1430. The molecule has 5 heteroatoms. The van der Waals surface area contributed by atoms with E-state index in [1.54, 1.807) is 0 Å². The number of fused-ring (bicyclic) bond motifs is 5. The lowest BCUT2D eigenvalue weighted by Crippen LogP contribution is -2.41. The van der Waals surface area contributed by atoms with Crippen molar-refractivity contribution in [3.8, 4) is 5.69 Å². The Labute approximate surface area is 181 Å². The third-order valence-corrected chi connectivity index (χ3v) is 6.84. The molecule has 2 aromatic heterocycles. The molecule has 1 aliphatic heterocycles. The van der Waals surface area contributed by atoms with E-state index in [0.29, 0.717) is 0 Å². The molecule has 0 N–H and O–H groups in total. The Morgan fingerprint density at radius 2 is 1.42 bits per heavy atom. The van der Waals surface area contributed by atoms with Gasteiger partial charge in [0.1, 0.15) is 11.1 Å². The number of aromatic nitrogens is 1. The minimum atomic E-state index is -0.408. The molecule has 3 heterocycles. The van der Waals surface area contributed by atoms with Crippen LogP contribution in [0, 0.1) is 0 Å². The van der Waals surface area contributed by atoms with Gasteiger partial charge in [0.15, 0.2) is 5.58 Å². The summed E-state index contributed by atoms with van der Waals surface area (Å²) in [7, 11) is -0.408. The van der Waals surface area contributed by atoms with Crippen LogP contribution in [0.25, 0.3) is 38.7 Å². The molecule has 6 rings (SSSR count). The summed E-state index contributed by atoms with van der Waals surface area (Å²) in [4.78, 5) is 0. The van der Waals surface area contributed by atoms with Gasteiger partial charge in [-0.05, 0) is 69.6 Å². The van der Waals surface area contributed by atoms with Crippen LogP contribution in [0.5, 0.6) is 0 Å². The van der Waals surface area contributed by atoms with Crippen molar-refractivity contribution < 1.29 is 13.7 Å². The van der Waals surface area contributed by atoms with Crippen molar-refractivity contribution in [2.75, 3.05) is 0 Å². The monoisotopic (exact) mass is 409 g/mol. The summed E-state index contributed by atoms with van der Waals surface area (Å²) in [6.45, 7) is 8.31. The van der Waals surface area contributed by atoms with Gasteiger partial charge in [-0.25, -0.2) is 0 Å². The molecule has 0 amide bonds. The summed E-state index contributed by atoms with van der Waals surface area (Å²) in [5.41, 5.74) is 5.32. The minimum absolute atomic E-state index is 0.378. The second kappa shape index (κ2) is 6.25. The van der Waals surface area contributed by atoms with Crippen LogP contribution in [0.3, 0.4) is 0 Å². The number of hydrogen-bond acceptors (Lipinski definition) is 3. The molecule has 154 valence electrons. The highest BCUT2D eigenvalue weighted by atomic mass is 16.7. The maximum absolute atomic E-state index is 6.36. The average molecular weight is 409 g/mol. The summed E-state index contributed by atoms with van der Waals surface area (Å²) in [6, 6.07) is 25.0. The van der Waals surface area contributed by atoms with Gasteiger partial charge in [-0.15, -0.1) is 0 Å². The first kappa shape index (κ1) is 18.7. The lowest BCUT2D eigenvalue weighted by atomic mass is 9.78. The van der Waals surface area contributed by atoms with Gasteiger partial charge < -0.3 is 18.3 Å². The highest BCUT2D eigenvalue weighted by molar-refractivity contribution is 6.62. The molecule has 0 aliphatic carbocycles. The van der Waals surface area contributed by atoms with E-state index >= 15 is 0 Å². The lowest BCUT2D eigenvalue weighted by molar-refractivity contribution is 0.00578. The fraction of sp³-hybridized carbons (Fsp3) is 0.231. The van der Waals surface area contributed by atoms with Crippen LogP contribution in [-0.2, 0) is 9.31 Å². The van der Waals surface area contributed by atoms with Gasteiger partial charge in [0.05, 0.1) is 16.7 Å². The largest absolute Gasteiger partial charge is 0.494 e. The van der Waals surface area contributed by atoms with Crippen molar-refractivity contribution in [3.63, 3.8) is 0 Å². The number of nitrogens with zero attached hydrogens (tertiary/aromatic N) is 1. The number of furan rings is 1. The van der Waals surface area contributed by atoms with Crippen LogP contribution >= 0.6 is 0 Å². The maximum Gasteiger partial charge on any atom is 0.494 e. The van der Waals surface area contributed by atoms with Crippen LogP contribution in [0.4, 0.5) is 0 Å². The summed E-state index contributed by atoms with van der Waals surface area (Å²) in [5.74, 6) is 0. The van der Waals surface area contributed by atoms with Gasteiger partial charge in [0.25, 0.3) is 0 Å². The molecular formula is C26H24BNO3. The molecule has 0 atom stereocenters. The Hall–Kier alpha value is -3.02. The Kier molecular flexibility index (Phi) is 3.78. The molecule has 3 aromatic carbocycles. The van der Waals surface area contributed by atoms with Gasteiger partial charge in [-0.3, -0.25) is 0 Å². The van der Waals surface area contributed by atoms with E-state index in [2.05, 4.69) is 86.9 Å². The molecule has 4 nitrogen and oxygen atoms in total. The Morgan fingerprint density at radius 1 is 0.742 bits per heavy atom. The number of para-hydroxylation sites is 2. The third-order valence-electron chi connectivity index (χ3n) is 6.84. The maximum atomic E-state index is 6.36. The molecule has 1 saturated heterocycles. The number of hydrogen-bond donors (Lipinski definition) is 0. The van der Waals surface area contributed by atoms with E-state index in [0.717, 1.165) is 44.1 Å². The molecule has 0 bridgehead atoms. The predicted octanol–water partition coefficient (Wildman–Crippen LogP) is 5.83. The zero-order valence-electron chi connectivity index (χ0n) is 18.2. The Morgan fingerprint density at radius 3 is 2.16 bits per heavy atom. The van der Waals surface area contributed by atoms with Gasteiger partial charge in [-0.2, -0.15) is 0 Å². The van der Waals surface area contributed by atoms with E-state index in [-0.39, 0.29) is 11.2 Å². The van der Waals surface area contributed by atoms with E-state index in [4.69, 9.17) is 13.7 Å². The molecular weight excluding hydrogens is 385 g/mol. The molecule has 5 aromatic rings. The zero-order chi connectivity index (χ0) is 21.4. The van der Waals surface area contributed by atoms with Crippen LogP contribution < -0.4 is 5.46 Å². The fourth-order valence-corrected chi connectivity index (χ4v) is 4.46. The standard InChI is InChI=1S/C26H24BNO3/c1-25(2)26(3,4)31-27(30-25)17-14-15-22-20(16-17)23-24(29-22)19-12-8-9-13-21(19)28(23)18-10-6-5-7-11-18/h5-16H,1-4H3. The molecule has 1 aliphatic rings. The first-order valence-electron chi connectivity index (χ1n) is 10.7. The quantitative estimate of drug-likeness (QED) is 0.344. The van der Waals surface area contributed by atoms with Crippen LogP contribution in [0.1, 0.15) is 27.7 Å². The van der Waals surface area contributed by atoms with E-state index in [9.17, 15) is 0 Å². The minimum Gasteiger partial charge on any atom is -0.454 e. The van der Waals surface area contributed by atoms with E-state index < -0.39 is 7.12 Å². The SMILES string of the molecule is CC1(C)OB(c2ccc3oc4c5ccccc5n(-c5ccccc5)c4c3c2)OC1(C)C. The van der Waals surface area contributed by atoms with Crippen molar-refractivity contribution >= 4 is 45.6 Å². The van der Waals surface area contributed by atoms with Gasteiger partial charge >= 0.3 is 7.12 Å². The van der Waals surface area contributed by atoms with E-state index in [1.165, 1.54) is 0 Å². The topological polar surface area (TPSA) is 36.5 Å². The second-order valence-corrected chi connectivity index (χ2v) is 9.31. The summed E-state index contributed by atoms with van der Waals surface area (Å²) < 4.78 is 21.3. The highest BCUT2D eigenvalue weighted by Gasteiger charge is 2.51. The van der Waals surface area contributed by atoms with Crippen molar-refractivity contribution in [2.24, 2.45) is 0 Å². The zero-order valence-corrected chi connectivity index (χ0v) is 18.2. The van der Waals surface area contributed by atoms with Crippen LogP contribution in [0.2, 0.25) is 0 Å².